The van der Waals surface area contributed by atoms with Crippen LogP contribution in [0, 0.1) is 0 Å². The molecule has 0 aliphatic carbocycles. The smallest absolute Gasteiger partial charge is 0.187 e. The highest BCUT2D eigenvalue weighted by Gasteiger charge is 2.13. The molecule has 0 N–H and O–H groups in total. The molecule has 0 unspecified atom stereocenters. The van der Waals surface area contributed by atoms with Gasteiger partial charge in [-0.05, 0) is 41.5 Å². The monoisotopic (exact) mass is 416 g/mol. The van der Waals surface area contributed by atoms with Gasteiger partial charge in [0.1, 0.15) is 12.4 Å². The Labute approximate surface area is 173 Å². The number of benzene rings is 3. The second-order valence-corrected chi connectivity index (χ2v) is 6.93. The molecule has 0 atom stereocenters. The number of carbonyl (C=O) groups excluding carboxylic acids is 1. The Hall–Kier alpha value is -2.26. The van der Waals surface area contributed by atoms with Crippen LogP contribution in [-0.2, 0) is 6.61 Å². The maximum absolute atomic E-state index is 12.4. The van der Waals surface area contributed by atoms with Crippen LogP contribution in [0.4, 0.5) is 0 Å². The number of ether oxygens (including phenoxy) is 1. The molecule has 0 aromatic heterocycles. The zero-order valence-corrected chi connectivity index (χ0v) is 16.4. The number of halogens is 3. The zero-order valence-electron chi connectivity index (χ0n) is 14.2. The van der Waals surface area contributed by atoms with Crippen LogP contribution in [0.2, 0.25) is 15.1 Å². The Morgan fingerprint density at radius 1 is 0.889 bits per heavy atom. The Balaban J connectivity index is 1.70. The summed E-state index contributed by atoms with van der Waals surface area (Å²) in [4.78, 5) is 12.4. The van der Waals surface area contributed by atoms with Gasteiger partial charge < -0.3 is 4.74 Å². The highest BCUT2D eigenvalue weighted by Crippen LogP contribution is 2.33. The lowest BCUT2D eigenvalue weighted by atomic mass is 10.1. The summed E-state index contributed by atoms with van der Waals surface area (Å²) in [6.07, 6.45) is 3.15. The van der Waals surface area contributed by atoms with Crippen LogP contribution in [0.1, 0.15) is 21.5 Å². The fraction of sp³-hybridized carbons (Fsp3) is 0.0455. The first-order chi connectivity index (χ1) is 13.0. The molecule has 2 nitrogen and oxygen atoms in total. The van der Waals surface area contributed by atoms with E-state index in [9.17, 15) is 4.79 Å². The van der Waals surface area contributed by atoms with E-state index in [4.69, 9.17) is 39.5 Å². The van der Waals surface area contributed by atoms with Crippen LogP contribution in [0.25, 0.3) is 6.08 Å². The SMILES string of the molecule is O=C(/C=C/c1cccc(OCc2ccccc2)c1)c1ccc(Cl)c(Cl)c1Cl. The minimum Gasteiger partial charge on any atom is -0.489 e. The van der Waals surface area contributed by atoms with Gasteiger partial charge in [-0.3, -0.25) is 4.79 Å². The molecule has 3 rings (SSSR count). The molecule has 5 heteroatoms. The normalized spacial score (nSPS) is 10.9. The molecule has 27 heavy (non-hydrogen) atoms. The van der Waals surface area contributed by atoms with E-state index in [0.717, 1.165) is 16.9 Å². The van der Waals surface area contributed by atoms with Crippen LogP contribution in [0.5, 0.6) is 5.75 Å². The number of allylic oxidation sites excluding steroid dienone is 1. The van der Waals surface area contributed by atoms with Gasteiger partial charge in [0.05, 0.1) is 15.1 Å². The van der Waals surface area contributed by atoms with Crippen molar-refractivity contribution in [1.82, 2.24) is 0 Å². The zero-order chi connectivity index (χ0) is 19.2. The lowest BCUT2D eigenvalue weighted by molar-refractivity contribution is 0.104. The summed E-state index contributed by atoms with van der Waals surface area (Å²) in [7, 11) is 0. The molecular weight excluding hydrogens is 403 g/mol. The average molecular weight is 418 g/mol. The van der Waals surface area contributed by atoms with E-state index in [-0.39, 0.29) is 15.8 Å². The predicted molar refractivity (Wildman–Crippen MR) is 112 cm³/mol. The Morgan fingerprint density at radius 2 is 1.67 bits per heavy atom. The fourth-order valence-electron chi connectivity index (χ4n) is 2.43. The summed E-state index contributed by atoms with van der Waals surface area (Å²) >= 11 is 18.0. The molecule has 0 saturated carbocycles. The fourth-order valence-corrected chi connectivity index (χ4v) is 3.06. The van der Waals surface area contributed by atoms with Crippen LogP contribution < -0.4 is 4.74 Å². The number of hydrogen-bond acceptors (Lipinski definition) is 2. The highest BCUT2D eigenvalue weighted by molar-refractivity contribution is 6.49. The van der Waals surface area contributed by atoms with Crippen molar-refractivity contribution in [3.05, 3.63) is 105 Å². The van der Waals surface area contributed by atoms with Crippen molar-refractivity contribution in [2.24, 2.45) is 0 Å². The third kappa shape index (κ3) is 5.14. The molecule has 0 aliphatic rings. The van der Waals surface area contributed by atoms with E-state index in [1.54, 1.807) is 18.2 Å². The topological polar surface area (TPSA) is 26.3 Å². The van der Waals surface area contributed by atoms with Crippen molar-refractivity contribution in [2.45, 2.75) is 6.61 Å². The van der Waals surface area contributed by atoms with Gasteiger partial charge in [-0.1, -0.05) is 83.3 Å². The van der Waals surface area contributed by atoms with Crippen molar-refractivity contribution >= 4 is 46.7 Å². The summed E-state index contributed by atoms with van der Waals surface area (Å²) < 4.78 is 5.80. The third-order valence-electron chi connectivity index (χ3n) is 3.83. The van der Waals surface area contributed by atoms with Gasteiger partial charge in [-0.15, -0.1) is 0 Å². The summed E-state index contributed by atoms with van der Waals surface area (Å²) in [5.41, 5.74) is 2.23. The number of hydrogen-bond donors (Lipinski definition) is 0. The largest absolute Gasteiger partial charge is 0.489 e. The second kappa shape index (κ2) is 9.09. The van der Waals surface area contributed by atoms with Gasteiger partial charge in [0.15, 0.2) is 5.78 Å². The molecule has 136 valence electrons. The van der Waals surface area contributed by atoms with Gasteiger partial charge >= 0.3 is 0 Å². The molecule has 3 aromatic carbocycles. The quantitative estimate of drug-likeness (QED) is 0.242. The minimum absolute atomic E-state index is 0.152. The Kier molecular flexibility index (Phi) is 6.57. The van der Waals surface area contributed by atoms with E-state index in [0.29, 0.717) is 17.2 Å². The lowest BCUT2D eigenvalue weighted by Gasteiger charge is -2.07. The van der Waals surface area contributed by atoms with Crippen molar-refractivity contribution in [3.8, 4) is 5.75 Å². The van der Waals surface area contributed by atoms with Gasteiger partial charge in [0.25, 0.3) is 0 Å². The maximum Gasteiger partial charge on any atom is 0.187 e. The molecule has 0 spiro atoms. The molecule has 0 amide bonds. The summed E-state index contributed by atoms with van der Waals surface area (Å²) in [6, 6.07) is 20.5. The first kappa shape index (κ1) is 19.5. The Bertz CT molecular complexity index is 982. The summed E-state index contributed by atoms with van der Waals surface area (Å²) in [5.74, 6) is 0.468. The molecule has 0 bridgehead atoms. The molecule has 3 aromatic rings. The first-order valence-electron chi connectivity index (χ1n) is 8.17. The van der Waals surface area contributed by atoms with Crippen LogP contribution >= 0.6 is 34.8 Å². The average Bonchev–Trinajstić information content (AvgIpc) is 2.70. The Morgan fingerprint density at radius 3 is 2.44 bits per heavy atom. The standard InChI is InChI=1S/C22H15Cl3O2/c23-19-11-10-18(21(24)22(19)25)20(26)12-9-15-7-4-8-17(13-15)27-14-16-5-2-1-3-6-16/h1-13H,14H2/b12-9+. The molecule has 0 fully saturated rings. The van der Waals surface area contributed by atoms with E-state index >= 15 is 0 Å². The van der Waals surface area contributed by atoms with E-state index in [1.807, 2.05) is 54.6 Å². The van der Waals surface area contributed by atoms with Gasteiger partial charge in [0.2, 0.25) is 0 Å². The molecule has 0 radical (unpaired) electrons. The number of carbonyl (C=O) groups is 1. The minimum atomic E-state index is -0.255. The maximum atomic E-state index is 12.4. The van der Waals surface area contributed by atoms with Crippen LogP contribution in [0.15, 0.2) is 72.8 Å². The molecule has 0 heterocycles. The summed E-state index contributed by atoms with van der Waals surface area (Å²) in [5, 5.41) is 0.637. The van der Waals surface area contributed by atoms with Crippen molar-refractivity contribution in [2.75, 3.05) is 0 Å². The van der Waals surface area contributed by atoms with Gasteiger partial charge in [-0.25, -0.2) is 0 Å². The molecule has 0 aliphatic heterocycles. The van der Waals surface area contributed by atoms with Crippen molar-refractivity contribution in [1.29, 1.82) is 0 Å². The van der Waals surface area contributed by atoms with E-state index in [1.165, 1.54) is 6.08 Å². The van der Waals surface area contributed by atoms with E-state index in [2.05, 4.69) is 0 Å². The van der Waals surface area contributed by atoms with Gasteiger partial charge in [0, 0.05) is 5.56 Å². The molecule has 0 saturated heterocycles. The lowest BCUT2D eigenvalue weighted by Crippen LogP contribution is -1.96. The van der Waals surface area contributed by atoms with E-state index < -0.39 is 0 Å². The number of rotatable bonds is 6. The third-order valence-corrected chi connectivity index (χ3v) is 5.13. The van der Waals surface area contributed by atoms with Crippen molar-refractivity contribution < 1.29 is 9.53 Å². The van der Waals surface area contributed by atoms with Crippen LogP contribution in [-0.4, -0.2) is 5.78 Å². The van der Waals surface area contributed by atoms with Crippen LogP contribution in [0.3, 0.4) is 0 Å². The molecular formula is C22H15Cl3O2. The highest BCUT2D eigenvalue weighted by atomic mass is 35.5. The predicted octanol–water partition coefficient (Wildman–Crippen LogP) is 7.12. The number of ketones is 1. The van der Waals surface area contributed by atoms with Crippen molar-refractivity contribution in [3.63, 3.8) is 0 Å². The first-order valence-corrected chi connectivity index (χ1v) is 9.30. The van der Waals surface area contributed by atoms with Gasteiger partial charge in [-0.2, -0.15) is 0 Å². The second-order valence-electron chi connectivity index (χ2n) is 5.77. The summed E-state index contributed by atoms with van der Waals surface area (Å²) in [6.45, 7) is 0.478.